The third-order valence-corrected chi connectivity index (χ3v) is 1.85. The average molecular weight is 237 g/mol. The van der Waals surface area contributed by atoms with Gasteiger partial charge in [-0.2, -0.15) is 0 Å². The van der Waals surface area contributed by atoms with Crippen LogP contribution in [0.4, 0.5) is 5.69 Å². The Bertz CT molecular complexity index is 367. The van der Waals surface area contributed by atoms with Crippen LogP contribution in [-0.4, -0.2) is 36.6 Å². The van der Waals surface area contributed by atoms with Gasteiger partial charge in [0.25, 0.3) is 0 Å². The lowest BCUT2D eigenvalue weighted by molar-refractivity contribution is -0.143. The van der Waals surface area contributed by atoms with E-state index < -0.39 is 5.97 Å². The third kappa shape index (κ3) is 5.50. The van der Waals surface area contributed by atoms with Crippen LogP contribution in [-0.2, 0) is 14.3 Å². The predicted molar refractivity (Wildman–Crippen MR) is 62.4 cm³/mol. The van der Waals surface area contributed by atoms with Crippen LogP contribution >= 0.6 is 0 Å². The topological polar surface area (TPSA) is 80.3 Å². The molecule has 0 aliphatic rings. The first-order valence-corrected chi connectivity index (χ1v) is 5.28. The van der Waals surface area contributed by atoms with E-state index in [0.29, 0.717) is 6.61 Å². The highest BCUT2D eigenvalue weighted by atomic mass is 16.5. The first kappa shape index (κ1) is 13.0. The normalized spacial score (nSPS) is 9.47. The molecular weight excluding hydrogens is 222 g/mol. The summed E-state index contributed by atoms with van der Waals surface area (Å²) in [4.78, 5) is 26.2. The molecule has 0 atom stereocenters. The molecule has 1 aromatic rings. The zero-order valence-electron chi connectivity index (χ0n) is 9.60. The van der Waals surface area contributed by atoms with Crippen LogP contribution in [0.1, 0.15) is 6.92 Å². The molecule has 0 aliphatic carbocycles. The molecular formula is C11H15N3O3. The molecule has 0 bridgehead atoms. The molecule has 6 nitrogen and oxygen atoms in total. The largest absolute Gasteiger partial charge is 0.465 e. The molecule has 0 aliphatic heterocycles. The van der Waals surface area contributed by atoms with Gasteiger partial charge in [0, 0.05) is 12.4 Å². The van der Waals surface area contributed by atoms with Crippen molar-refractivity contribution in [3.05, 3.63) is 24.5 Å². The molecule has 0 unspecified atom stereocenters. The van der Waals surface area contributed by atoms with Gasteiger partial charge in [-0.25, -0.2) is 0 Å². The Labute approximate surface area is 99.4 Å². The van der Waals surface area contributed by atoms with Gasteiger partial charge < -0.3 is 15.4 Å². The molecule has 0 saturated heterocycles. The van der Waals surface area contributed by atoms with Crippen LogP contribution in [0, 0.1) is 0 Å². The highest BCUT2D eigenvalue weighted by Crippen LogP contribution is 2.00. The Hall–Kier alpha value is -2.11. The van der Waals surface area contributed by atoms with E-state index in [0.717, 1.165) is 5.69 Å². The summed E-state index contributed by atoms with van der Waals surface area (Å²) in [7, 11) is 0. The Morgan fingerprint density at radius 1 is 1.41 bits per heavy atom. The minimum Gasteiger partial charge on any atom is -0.465 e. The number of pyridine rings is 1. The number of hydrogen-bond donors (Lipinski definition) is 2. The average Bonchev–Trinajstić information content (AvgIpc) is 2.35. The van der Waals surface area contributed by atoms with E-state index in [4.69, 9.17) is 0 Å². The minimum absolute atomic E-state index is 0.0884. The lowest BCUT2D eigenvalue weighted by atomic mass is 10.4. The van der Waals surface area contributed by atoms with E-state index in [1.54, 1.807) is 31.5 Å². The number of carbonyl (C=O) groups is 2. The van der Waals surface area contributed by atoms with Crippen molar-refractivity contribution in [1.29, 1.82) is 0 Å². The molecule has 1 aromatic heterocycles. The maximum Gasteiger partial charge on any atom is 0.325 e. The molecule has 1 heterocycles. The van der Waals surface area contributed by atoms with Crippen LogP contribution in [0.5, 0.6) is 0 Å². The van der Waals surface area contributed by atoms with Gasteiger partial charge in [0.15, 0.2) is 0 Å². The second-order valence-electron chi connectivity index (χ2n) is 3.18. The van der Waals surface area contributed by atoms with Gasteiger partial charge in [-0.15, -0.1) is 0 Å². The number of ether oxygens (including phenoxy) is 1. The van der Waals surface area contributed by atoms with E-state index in [-0.39, 0.29) is 19.0 Å². The Morgan fingerprint density at radius 3 is 2.88 bits per heavy atom. The van der Waals surface area contributed by atoms with Crippen LogP contribution < -0.4 is 10.6 Å². The summed E-state index contributed by atoms with van der Waals surface area (Å²) in [6.45, 7) is 2.00. The Kier molecular flexibility index (Phi) is 5.50. The molecule has 0 spiro atoms. The zero-order chi connectivity index (χ0) is 12.5. The van der Waals surface area contributed by atoms with Crippen molar-refractivity contribution in [2.75, 3.05) is 25.0 Å². The first-order valence-electron chi connectivity index (χ1n) is 5.28. The summed E-state index contributed by atoms with van der Waals surface area (Å²) in [5, 5.41) is 5.31. The number of carbonyl (C=O) groups excluding carboxylic acids is 2. The highest BCUT2D eigenvalue weighted by Gasteiger charge is 2.05. The van der Waals surface area contributed by atoms with Crippen molar-refractivity contribution in [2.24, 2.45) is 0 Å². The van der Waals surface area contributed by atoms with Gasteiger partial charge in [-0.1, -0.05) is 0 Å². The SMILES string of the molecule is CCOC(=O)CNC(=O)CNc1cccnc1. The summed E-state index contributed by atoms with van der Waals surface area (Å²) in [6.07, 6.45) is 3.25. The van der Waals surface area contributed by atoms with Crippen LogP contribution in [0.3, 0.4) is 0 Å². The fourth-order valence-corrected chi connectivity index (χ4v) is 1.09. The van der Waals surface area contributed by atoms with Crippen molar-refractivity contribution in [3.63, 3.8) is 0 Å². The van der Waals surface area contributed by atoms with Crippen LogP contribution in [0.15, 0.2) is 24.5 Å². The number of nitrogens with zero attached hydrogens (tertiary/aromatic N) is 1. The molecule has 92 valence electrons. The molecule has 17 heavy (non-hydrogen) atoms. The fourth-order valence-electron chi connectivity index (χ4n) is 1.09. The van der Waals surface area contributed by atoms with Crippen molar-refractivity contribution in [2.45, 2.75) is 6.92 Å². The van der Waals surface area contributed by atoms with E-state index in [1.165, 1.54) is 0 Å². The van der Waals surface area contributed by atoms with E-state index in [2.05, 4.69) is 20.4 Å². The standard InChI is InChI=1S/C11H15N3O3/c1-2-17-11(16)8-14-10(15)7-13-9-4-3-5-12-6-9/h3-6,13H,2,7-8H2,1H3,(H,14,15). The smallest absolute Gasteiger partial charge is 0.325 e. The quantitative estimate of drug-likeness (QED) is 0.689. The summed E-state index contributed by atoms with van der Waals surface area (Å²) in [6, 6.07) is 3.56. The second-order valence-corrected chi connectivity index (χ2v) is 3.18. The van der Waals surface area contributed by atoms with Gasteiger partial charge in [-0.05, 0) is 19.1 Å². The number of esters is 1. The van der Waals surface area contributed by atoms with Crippen molar-refractivity contribution >= 4 is 17.6 Å². The van der Waals surface area contributed by atoms with Gasteiger partial charge >= 0.3 is 5.97 Å². The third-order valence-electron chi connectivity index (χ3n) is 1.85. The van der Waals surface area contributed by atoms with Gasteiger partial charge in [0.1, 0.15) is 6.54 Å². The van der Waals surface area contributed by atoms with E-state index in [1.807, 2.05) is 0 Å². The number of hydrogen-bond acceptors (Lipinski definition) is 5. The number of amides is 1. The molecule has 0 aromatic carbocycles. The van der Waals surface area contributed by atoms with Crippen molar-refractivity contribution in [3.8, 4) is 0 Å². The number of anilines is 1. The molecule has 6 heteroatoms. The molecule has 0 fully saturated rings. The molecule has 1 amide bonds. The maximum atomic E-state index is 11.3. The zero-order valence-corrected chi connectivity index (χ0v) is 9.60. The van der Waals surface area contributed by atoms with Gasteiger partial charge in [-0.3, -0.25) is 14.6 Å². The molecule has 0 saturated carbocycles. The molecule has 2 N–H and O–H groups in total. The molecule has 1 rings (SSSR count). The van der Waals surface area contributed by atoms with Crippen molar-refractivity contribution in [1.82, 2.24) is 10.3 Å². The number of nitrogens with one attached hydrogen (secondary N) is 2. The maximum absolute atomic E-state index is 11.3. The lowest BCUT2D eigenvalue weighted by Gasteiger charge is -2.06. The van der Waals surface area contributed by atoms with E-state index >= 15 is 0 Å². The number of aromatic nitrogens is 1. The Balaban J connectivity index is 2.20. The Morgan fingerprint density at radius 2 is 2.24 bits per heavy atom. The minimum atomic E-state index is -0.442. The summed E-state index contributed by atoms with van der Waals surface area (Å²) < 4.78 is 4.67. The van der Waals surface area contributed by atoms with Crippen LogP contribution in [0.25, 0.3) is 0 Å². The predicted octanol–water partition coefficient (Wildman–Crippen LogP) is 0.173. The monoisotopic (exact) mass is 237 g/mol. The molecule has 0 radical (unpaired) electrons. The van der Waals surface area contributed by atoms with E-state index in [9.17, 15) is 9.59 Å². The summed E-state index contributed by atoms with van der Waals surface area (Å²) in [5.74, 6) is -0.718. The fraction of sp³-hybridized carbons (Fsp3) is 0.364. The second kappa shape index (κ2) is 7.21. The highest BCUT2D eigenvalue weighted by molar-refractivity contribution is 5.84. The summed E-state index contributed by atoms with van der Waals surface area (Å²) in [5.41, 5.74) is 0.749. The lowest BCUT2D eigenvalue weighted by Crippen LogP contribution is -2.34. The number of rotatable bonds is 6. The van der Waals surface area contributed by atoms with Gasteiger partial charge in [0.05, 0.1) is 18.8 Å². The summed E-state index contributed by atoms with van der Waals surface area (Å²) >= 11 is 0. The van der Waals surface area contributed by atoms with Crippen molar-refractivity contribution < 1.29 is 14.3 Å². The first-order chi connectivity index (χ1) is 8.22. The van der Waals surface area contributed by atoms with Gasteiger partial charge in [0.2, 0.25) is 5.91 Å². The van der Waals surface area contributed by atoms with Crippen LogP contribution in [0.2, 0.25) is 0 Å².